The summed E-state index contributed by atoms with van der Waals surface area (Å²) in [6, 6.07) is 9.92. The van der Waals surface area contributed by atoms with E-state index in [1.807, 2.05) is 29.2 Å². The number of methoxy groups -OCH3 is 1. The van der Waals surface area contributed by atoms with Gasteiger partial charge in [0.25, 0.3) is 0 Å². The third-order valence-corrected chi connectivity index (χ3v) is 5.62. The number of hydrogen-bond donors (Lipinski definition) is 0. The maximum Gasteiger partial charge on any atom is 0.236 e. The van der Waals surface area contributed by atoms with Gasteiger partial charge < -0.3 is 19.4 Å². The molecule has 29 heavy (non-hydrogen) atoms. The number of ether oxygens (including phenoxy) is 1. The van der Waals surface area contributed by atoms with Gasteiger partial charge in [0.1, 0.15) is 5.75 Å². The monoisotopic (exact) mass is 396 g/mol. The minimum absolute atomic E-state index is 0.212. The Hall–Kier alpha value is -2.87. The standard InChI is InChI=1S/C21H28N6O2/c1-29-19-6-3-2-5-18(19)25-11-9-24(10-12-25)17-20(28)26-13-15-27(16-14-26)21-22-7-4-8-23-21/h2-8H,9-17H2,1H3. The van der Waals surface area contributed by atoms with Crippen molar-refractivity contribution in [1.82, 2.24) is 19.8 Å². The number of carbonyl (C=O) groups excluding carboxylic acids is 1. The van der Waals surface area contributed by atoms with Crippen LogP contribution in [-0.4, -0.2) is 91.7 Å². The van der Waals surface area contributed by atoms with Gasteiger partial charge in [-0.15, -0.1) is 0 Å². The Morgan fingerprint density at radius 2 is 1.55 bits per heavy atom. The SMILES string of the molecule is COc1ccccc1N1CCN(CC(=O)N2CCN(c3ncccn3)CC2)CC1. The minimum atomic E-state index is 0.212. The van der Waals surface area contributed by atoms with Crippen LogP contribution in [0.4, 0.5) is 11.6 Å². The molecule has 0 N–H and O–H groups in total. The molecule has 3 heterocycles. The number of nitrogens with zero attached hydrogens (tertiary/aromatic N) is 6. The van der Waals surface area contributed by atoms with E-state index in [4.69, 9.17) is 4.74 Å². The van der Waals surface area contributed by atoms with Gasteiger partial charge in [-0.25, -0.2) is 9.97 Å². The van der Waals surface area contributed by atoms with E-state index in [9.17, 15) is 4.79 Å². The van der Waals surface area contributed by atoms with Gasteiger partial charge in [-0.3, -0.25) is 9.69 Å². The highest BCUT2D eigenvalue weighted by molar-refractivity contribution is 5.78. The van der Waals surface area contributed by atoms with Crippen LogP contribution in [0.25, 0.3) is 0 Å². The number of benzene rings is 1. The number of rotatable bonds is 5. The molecule has 2 fully saturated rings. The lowest BCUT2D eigenvalue weighted by Crippen LogP contribution is -2.54. The van der Waals surface area contributed by atoms with Crippen molar-refractivity contribution in [2.75, 3.05) is 75.8 Å². The van der Waals surface area contributed by atoms with E-state index in [0.29, 0.717) is 6.54 Å². The molecule has 0 unspecified atom stereocenters. The van der Waals surface area contributed by atoms with Crippen molar-refractivity contribution in [2.24, 2.45) is 0 Å². The van der Waals surface area contributed by atoms with Crippen LogP contribution in [0.5, 0.6) is 5.75 Å². The summed E-state index contributed by atoms with van der Waals surface area (Å²) in [5, 5.41) is 0. The number of para-hydroxylation sites is 2. The fourth-order valence-electron chi connectivity index (χ4n) is 3.94. The van der Waals surface area contributed by atoms with E-state index < -0.39 is 0 Å². The maximum atomic E-state index is 12.8. The normalized spacial score (nSPS) is 18.0. The lowest BCUT2D eigenvalue weighted by molar-refractivity contribution is -0.132. The molecule has 1 aromatic carbocycles. The summed E-state index contributed by atoms with van der Waals surface area (Å²) >= 11 is 0. The molecule has 2 aromatic rings. The topological polar surface area (TPSA) is 65.0 Å². The molecular formula is C21H28N6O2. The van der Waals surface area contributed by atoms with Gasteiger partial charge in [-0.2, -0.15) is 0 Å². The molecule has 0 saturated carbocycles. The molecule has 2 saturated heterocycles. The highest BCUT2D eigenvalue weighted by Crippen LogP contribution is 2.28. The molecule has 0 radical (unpaired) electrons. The van der Waals surface area contributed by atoms with Gasteiger partial charge in [0.05, 0.1) is 19.3 Å². The lowest BCUT2D eigenvalue weighted by atomic mass is 10.2. The third-order valence-electron chi connectivity index (χ3n) is 5.62. The van der Waals surface area contributed by atoms with Crippen LogP contribution < -0.4 is 14.5 Å². The second-order valence-corrected chi connectivity index (χ2v) is 7.35. The number of aromatic nitrogens is 2. The third kappa shape index (κ3) is 4.59. The molecule has 4 rings (SSSR count). The van der Waals surface area contributed by atoms with Crippen LogP contribution in [0, 0.1) is 0 Å². The van der Waals surface area contributed by atoms with E-state index in [1.165, 1.54) is 0 Å². The average molecular weight is 396 g/mol. The molecule has 0 spiro atoms. The van der Waals surface area contributed by atoms with Gasteiger partial charge in [0, 0.05) is 64.8 Å². The zero-order valence-corrected chi connectivity index (χ0v) is 16.9. The van der Waals surface area contributed by atoms with E-state index in [0.717, 1.165) is 69.7 Å². The molecule has 2 aliphatic rings. The van der Waals surface area contributed by atoms with Crippen LogP contribution in [0.15, 0.2) is 42.7 Å². The molecule has 0 aliphatic carbocycles. The second kappa shape index (κ2) is 9.09. The molecule has 8 heteroatoms. The van der Waals surface area contributed by atoms with Gasteiger partial charge >= 0.3 is 0 Å². The zero-order chi connectivity index (χ0) is 20.1. The molecular weight excluding hydrogens is 368 g/mol. The first kappa shape index (κ1) is 19.4. The van der Waals surface area contributed by atoms with Crippen LogP contribution in [-0.2, 0) is 4.79 Å². The predicted molar refractivity (Wildman–Crippen MR) is 112 cm³/mol. The van der Waals surface area contributed by atoms with Gasteiger partial charge in [-0.05, 0) is 18.2 Å². The summed E-state index contributed by atoms with van der Waals surface area (Å²) in [5.41, 5.74) is 1.13. The Bertz CT molecular complexity index is 802. The largest absolute Gasteiger partial charge is 0.495 e. The first-order chi connectivity index (χ1) is 14.2. The summed E-state index contributed by atoms with van der Waals surface area (Å²) in [6.45, 7) is 7.02. The Balaban J connectivity index is 1.24. The molecule has 0 bridgehead atoms. The Morgan fingerprint density at radius 3 is 2.24 bits per heavy atom. The molecule has 2 aliphatic heterocycles. The summed E-state index contributed by atoms with van der Waals surface area (Å²) in [6.07, 6.45) is 3.51. The van der Waals surface area contributed by atoms with Gasteiger partial charge in [0.2, 0.25) is 11.9 Å². The summed E-state index contributed by atoms with van der Waals surface area (Å²) in [5.74, 6) is 1.86. The summed E-state index contributed by atoms with van der Waals surface area (Å²) in [4.78, 5) is 30.0. The first-order valence-corrected chi connectivity index (χ1v) is 10.1. The molecule has 8 nitrogen and oxygen atoms in total. The summed E-state index contributed by atoms with van der Waals surface area (Å²) in [7, 11) is 1.71. The van der Waals surface area contributed by atoms with Crippen LogP contribution in [0.2, 0.25) is 0 Å². The van der Waals surface area contributed by atoms with Crippen molar-refractivity contribution in [3.63, 3.8) is 0 Å². The fraction of sp³-hybridized carbons (Fsp3) is 0.476. The number of piperazine rings is 2. The Kier molecular flexibility index (Phi) is 6.09. The highest BCUT2D eigenvalue weighted by atomic mass is 16.5. The maximum absolute atomic E-state index is 12.8. The number of carbonyl (C=O) groups is 1. The van der Waals surface area contributed by atoms with Gasteiger partial charge in [-0.1, -0.05) is 12.1 Å². The van der Waals surface area contributed by atoms with E-state index in [-0.39, 0.29) is 5.91 Å². The fourth-order valence-corrected chi connectivity index (χ4v) is 3.94. The molecule has 154 valence electrons. The quantitative estimate of drug-likeness (QED) is 0.746. The number of anilines is 2. The van der Waals surface area contributed by atoms with Gasteiger partial charge in [0.15, 0.2) is 0 Å². The van der Waals surface area contributed by atoms with Crippen molar-refractivity contribution < 1.29 is 9.53 Å². The predicted octanol–water partition coefficient (Wildman–Crippen LogP) is 0.956. The Labute approximate surface area is 171 Å². The van der Waals surface area contributed by atoms with E-state index in [2.05, 4.69) is 30.7 Å². The van der Waals surface area contributed by atoms with Crippen molar-refractivity contribution >= 4 is 17.5 Å². The lowest BCUT2D eigenvalue weighted by Gasteiger charge is -2.38. The zero-order valence-electron chi connectivity index (χ0n) is 16.9. The first-order valence-electron chi connectivity index (χ1n) is 10.1. The summed E-state index contributed by atoms with van der Waals surface area (Å²) < 4.78 is 5.48. The molecule has 0 atom stereocenters. The smallest absolute Gasteiger partial charge is 0.236 e. The van der Waals surface area contributed by atoms with E-state index >= 15 is 0 Å². The minimum Gasteiger partial charge on any atom is -0.495 e. The van der Waals surface area contributed by atoms with Crippen molar-refractivity contribution in [2.45, 2.75) is 0 Å². The highest BCUT2D eigenvalue weighted by Gasteiger charge is 2.26. The van der Waals surface area contributed by atoms with E-state index in [1.54, 1.807) is 19.5 Å². The van der Waals surface area contributed by atoms with Crippen LogP contribution in [0.3, 0.4) is 0 Å². The van der Waals surface area contributed by atoms with Crippen molar-refractivity contribution in [1.29, 1.82) is 0 Å². The molecule has 1 aromatic heterocycles. The Morgan fingerprint density at radius 1 is 0.897 bits per heavy atom. The number of amides is 1. The van der Waals surface area contributed by atoms with Crippen molar-refractivity contribution in [3.05, 3.63) is 42.7 Å². The molecule has 1 amide bonds. The van der Waals surface area contributed by atoms with Crippen molar-refractivity contribution in [3.8, 4) is 5.75 Å². The number of hydrogen-bond acceptors (Lipinski definition) is 7. The van der Waals surface area contributed by atoms with Crippen LogP contribution in [0.1, 0.15) is 0 Å². The second-order valence-electron chi connectivity index (χ2n) is 7.35. The van der Waals surface area contributed by atoms with Crippen LogP contribution >= 0.6 is 0 Å². The average Bonchev–Trinajstić information content (AvgIpc) is 2.80.